The minimum atomic E-state index is -0.570. The number of amides is 4. The van der Waals surface area contributed by atoms with Crippen LogP contribution in [0.4, 0.5) is 9.59 Å². The van der Waals surface area contributed by atoms with Gasteiger partial charge in [-0.2, -0.15) is 0 Å². The fourth-order valence-corrected chi connectivity index (χ4v) is 1.27. The summed E-state index contributed by atoms with van der Waals surface area (Å²) in [7, 11) is 0. The summed E-state index contributed by atoms with van der Waals surface area (Å²) in [6.45, 7) is 7.29. The molecular formula is C12H24N4O4. The first-order valence-electron chi connectivity index (χ1n) is 6.40. The van der Waals surface area contributed by atoms with E-state index in [0.717, 1.165) is 4.90 Å². The van der Waals surface area contributed by atoms with Crippen molar-refractivity contribution in [3.63, 3.8) is 0 Å². The van der Waals surface area contributed by atoms with Crippen LogP contribution >= 0.6 is 0 Å². The highest BCUT2D eigenvalue weighted by molar-refractivity contribution is 5.93. The lowest BCUT2D eigenvalue weighted by Crippen LogP contribution is -2.47. The number of carbonyl (C=O) groups is 3. The molecule has 0 heterocycles. The van der Waals surface area contributed by atoms with Gasteiger partial charge in [-0.25, -0.2) is 9.59 Å². The highest BCUT2D eigenvalue weighted by atomic mass is 16.6. The van der Waals surface area contributed by atoms with Crippen molar-refractivity contribution < 1.29 is 19.1 Å². The number of imide groups is 1. The third-order valence-electron chi connectivity index (χ3n) is 2.05. The summed E-state index contributed by atoms with van der Waals surface area (Å²) in [5, 5.41) is 5.00. The number of hydrogen-bond acceptors (Lipinski definition) is 5. The second-order valence-electron chi connectivity index (χ2n) is 5.12. The summed E-state index contributed by atoms with van der Waals surface area (Å²) >= 11 is 0. The van der Waals surface area contributed by atoms with E-state index in [-0.39, 0.29) is 32.1 Å². The van der Waals surface area contributed by atoms with Crippen LogP contribution in [-0.2, 0) is 9.53 Å². The van der Waals surface area contributed by atoms with E-state index < -0.39 is 17.7 Å². The van der Waals surface area contributed by atoms with E-state index in [1.807, 2.05) is 0 Å². The van der Waals surface area contributed by atoms with Crippen LogP contribution in [0.2, 0.25) is 0 Å². The standard InChI is InChI=1S/C12H24N4O4/c1-9(17)16(8-5-13)10(18)14-6-7-15-11(19)20-12(2,3)4/h5-8,13H2,1-4H3,(H,14,18)(H,15,19). The molecule has 0 unspecified atom stereocenters. The molecule has 0 saturated carbocycles. The molecule has 0 aliphatic carbocycles. The smallest absolute Gasteiger partial charge is 0.407 e. The van der Waals surface area contributed by atoms with Crippen LogP contribution in [0.5, 0.6) is 0 Å². The van der Waals surface area contributed by atoms with Gasteiger partial charge in [0.2, 0.25) is 5.91 Å². The average molecular weight is 288 g/mol. The Hall–Kier alpha value is -1.83. The molecule has 8 nitrogen and oxygen atoms in total. The topological polar surface area (TPSA) is 114 Å². The molecule has 0 saturated heterocycles. The zero-order valence-corrected chi connectivity index (χ0v) is 12.5. The van der Waals surface area contributed by atoms with Crippen LogP contribution in [0.1, 0.15) is 27.7 Å². The first kappa shape index (κ1) is 18.2. The number of urea groups is 1. The SMILES string of the molecule is CC(=O)N(CCN)C(=O)NCCNC(=O)OC(C)(C)C. The van der Waals surface area contributed by atoms with Crippen LogP contribution in [0.25, 0.3) is 0 Å². The molecule has 0 aromatic heterocycles. The van der Waals surface area contributed by atoms with Crippen LogP contribution < -0.4 is 16.4 Å². The Morgan fingerprint density at radius 2 is 1.70 bits per heavy atom. The van der Waals surface area contributed by atoms with Crippen LogP contribution in [0.15, 0.2) is 0 Å². The van der Waals surface area contributed by atoms with Crippen molar-refractivity contribution in [3.8, 4) is 0 Å². The van der Waals surface area contributed by atoms with E-state index in [2.05, 4.69) is 10.6 Å². The molecule has 4 amide bonds. The normalized spacial score (nSPS) is 10.7. The van der Waals surface area contributed by atoms with Gasteiger partial charge in [-0.3, -0.25) is 9.69 Å². The van der Waals surface area contributed by atoms with Gasteiger partial charge in [0.05, 0.1) is 0 Å². The highest BCUT2D eigenvalue weighted by Gasteiger charge is 2.17. The maximum Gasteiger partial charge on any atom is 0.407 e. The lowest BCUT2D eigenvalue weighted by Gasteiger charge is -2.20. The number of carbonyl (C=O) groups excluding carboxylic acids is 3. The van der Waals surface area contributed by atoms with Crippen molar-refractivity contribution in [2.24, 2.45) is 5.73 Å². The summed E-state index contributed by atoms with van der Waals surface area (Å²) < 4.78 is 5.03. The molecule has 0 atom stereocenters. The van der Waals surface area contributed by atoms with E-state index in [1.54, 1.807) is 20.8 Å². The van der Waals surface area contributed by atoms with Gasteiger partial charge in [0.1, 0.15) is 5.60 Å². The Kier molecular flexibility index (Phi) is 7.60. The number of rotatable bonds is 5. The van der Waals surface area contributed by atoms with E-state index >= 15 is 0 Å². The average Bonchev–Trinajstić information content (AvgIpc) is 2.28. The van der Waals surface area contributed by atoms with E-state index in [0.29, 0.717) is 0 Å². The Morgan fingerprint density at radius 3 is 2.15 bits per heavy atom. The largest absolute Gasteiger partial charge is 0.444 e. The van der Waals surface area contributed by atoms with Crippen molar-refractivity contribution in [1.82, 2.24) is 15.5 Å². The Bertz CT molecular complexity index is 352. The van der Waals surface area contributed by atoms with Crippen molar-refractivity contribution in [3.05, 3.63) is 0 Å². The molecule has 0 bridgehead atoms. The minimum Gasteiger partial charge on any atom is -0.444 e. The Labute approximate surface area is 119 Å². The minimum absolute atomic E-state index is 0.153. The first-order chi connectivity index (χ1) is 9.17. The zero-order chi connectivity index (χ0) is 15.8. The first-order valence-corrected chi connectivity index (χ1v) is 6.40. The molecule has 0 rings (SSSR count). The number of nitrogens with two attached hydrogens (primary N) is 1. The second-order valence-corrected chi connectivity index (χ2v) is 5.12. The second kappa shape index (κ2) is 8.36. The van der Waals surface area contributed by atoms with Gasteiger partial charge in [-0.15, -0.1) is 0 Å². The maximum absolute atomic E-state index is 11.6. The van der Waals surface area contributed by atoms with Crippen LogP contribution in [0, 0.1) is 0 Å². The van der Waals surface area contributed by atoms with Crippen molar-refractivity contribution in [2.75, 3.05) is 26.2 Å². The van der Waals surface area contributed by atoms with E-state index in [9.17, 15) is 14.4 Å². The summed E-state index contributed by atoms with van der Waals surface area (Å²) in [5.41, 5.74) is 4.74. The lowest BCUT2D eigenvalue weighted by molar-refractivity contribution is -0.125. The molecule has 0 fully saturated rings. The van der Waals surface area contributed by atoms with Crippen LogP contribution in [0.3, 0.4) is 0 Å². The quantitative estimate of drug-likeness (QED) is 0.617. The summed E-state index contributed by atoms with van der Waals surface area (Å²) in [5.74, 6) is -0.381. The molecular weight excluding hydrogens is 264 g/mol. The fourth-order valence-electron chi connectivity index (χ4n) is 1.27. The van der Waals surface area contributed by atoms with E-state index in [1.165, 1.54) is 6.92 Å². The summed E-state index contributed by atoms with van der Waals surface area (Å²) in [4.78, 5) is 35.2. The molecule has 20 heavy (non-hydrogen) atoms. The lowest BCUT2D eigenvalue weighted by atomic mass is 10.2. The van der Waals surface area contributed by atoms with Crippen LogP contribution in [-0.4, -0.2) is 54.7 Å². The molecule has 0 aliphatic heterocycles. The van der Waals surface area contributed by atoms with Gasteiger partial charge in [0, 0.05) is 33.1 Å². The third kappa shape index (κ3) is 8.30. The highest BCUT2D eigenvalue weighted by Crippen LogP contribution is 2.05. The Balaban J connectivity index is 3.97. The molecule has 8 heteroatoms. The number of nitrogens with one attached hydrogen (secondary N) is 2. The van der Waals surface area contributed by atoms with Gasteiger partial charge in [-0.1, -0.05) is 0 Å². The molecule has 0 radical (unpaired) electrons. The molecule has 0 aromatic rings. The fraction of sp³-hybridized carbons (Fsp3) is 0.750. The predicted molar refractivity (Wildman–Crippen MR) is 74.1 cm³/mol. The third-order valence-corrected chi connectivity index (χ3v) is 2.05. The number of nitrogens with zero attached hydrogens (tertiary/aromatic N) is 1. The molecule has 0 aliphatic rings. The van der Waals surface area contributed by atoms with E-state index in [4.69, 9.17) is 10.5 Å². The molecule has 116 valence electrons. The molecule has 4 N–H and O–H groups in total. The number of alkyl carbamates (subject to hydrolysis) is 1. The zero-order valence-electron chi connectivity index (χ0n) is 12.5. The summed E-state index contributed by atoms with van der Waals surface area (Å²) in [6.07, 6.45) is -0.558. The maximum atomic E-state index is 11.6. The monoisotopic (exact) mass is 288 g/mol. The van der Waals surface area contributed by atoms with Gasteiger partial charge < -0.3 is 21.1 Å². The summed E-state index contributed by atoms with van der Waals surface area (Å²) in [6, 6.07) is -0.533. The molecule has 0 spiro atoms. The number of hydrogen-bond donors (Lipinski definition) is 3. The van der Waals surface area contributed by atoms with Crippen molar-refractivity contribution in [2.45, 2.75) is 33.3 Å². The Morgan fingerprint density at radius 1 is 1.15 bits per heavy atom. The van der Waals surface area contributed by atoms with Gasteiger partial charge in [0.25, 0.3) is 0 Å². The van der Waals surface area contributed by atoms with Crippen molar-refractivity contribution in [1.29, 1.82) is 0 Å². The molecule has 0 aromatic carbocycles. The van der Waals surface area contributed by atoms with Gasteiger partial charge in [-0.05, 0) is 20.8 Å². The van der Waals surface area contributed by atoms with Crippen molar-refractivity contribution >= 4 is 18.0 Å². The predicted octanol–water partition coefficient (Wildman–Crippen LogP) is 0.0279. The van der Waals surface area contributed by atoms with Gasteiger partial charge >= 0.3 is 12.1 Å². The van der Waals surface area contributed by atoms with Gasteiger partial charge in [0.15, 0.2) is 0 Å². The number of ether oxygens (including phenoxy) is 1.